The molecule has 76 valence electrons. The van der Waals surface area contributed by atoms with Crippen molar-refractivity contribution in [2.24, 2.45) is 5.73 Å². The van der Waals surface area contributed by atoms with Gasteiger partial charge in [0.05, 0.1) is 0 Å². The molecule has 0 saturated carbocycles. The summed E-state index contributed by atoms with van der Waals surface area (Å²) in [5.74, 6) is 0.892. The number of thiocarbonyl (C=S) groups is 1. The second-order valence-corrected chi connectivity index (χ2v) is 4.01. The molecule has 0 fully saturated rings. The first-order chi connectivity index (χ1) is 6.50. The number of hydrogen-bond acceptors (Lipinski definition) is 2. The van der Waals surface area contributed by atoms with Gasteiger partial charge in [0, 0.05) is 0 Å². The molecule has 0 aromatic heterocycles. The summed E-state index contributed by atoms with van der Waals surface area (Å²) in [6.45, 7) is 6.42. The van der Waals surface area contributed by atoms with E-state index in [2.05, 4.69) is 19.1 Å². The molecule has 3 heteroatoms. The summed E-state index contributed by atoms with van der Waals surface area (Å²) in [7, 11) is 0. The molecule has 0 bridgehead atoms. The molecule has 0 aliphatic carbocycles. The van der Waals surface area contributed by atoms with Crippen LogP contribution in [-0.4, -0.2) is 11.6 Å². The molecule has 0 spiro atoms. The van der Waals surface area contributed by atoms with Gasteiger partial charge in [-0.15, -0.1) is 0 Å². The van der Waals surface area contributed by atoms with Gasteiger partial charge in [-0.1, -0.05) is 29.9 Å². The van der Waals surface area contributed by atoms with Crippen LogP contribution in [0.1, 0.15) is 16.7 Å². The van der Waals surface area contributed by atoms with Crippen LogP contribution in [0.5, 0.6) is 5.75 Å². The maximum absolute atomic E-state index is 5.52. The fraction of sp³-hybridized carbons (Fsp3) is 0.364. The van der Waals surface area contributed by atoms with Crippen LogP contribution in [0, 0.1) is 20.8 Å². The van der Waals surface area contributed by atoms with Gasteiger partial charge in [-0.3, -0.25) is 0 Å². The zero-order valence-corrected chi connectivity index (χ0v) is 9.57. The largest absolute Gasteiger partial charge is 0.486 e. The lowest BCUT2D eigenvalue weighted by molar-refractivity contribution is 0.372. The van der Waals surface area contributed by atoms with E-state index in [-0.39, 0.29) is 0 Å². The summed E-state index contributed by atoms with van der Waals surface area (Å²) in [5, 5.41) is 0. The molecular weight excluding hydrogens is 194 g/mol. The molecule has 1 aromatic carbocycles. The number of benzene rings is 1. The molecule has 1 aromatic rings. The van der Waals surface area contributed by atoms with Gasteiger partial charge in [0.1, 0.15) is 17.3 Å². The third kappa shape index (κ3) is 2.70. The first-order valence-electron chi connectivity index (χ1n) is 4.49. The zero-order chi connectivity index (χ0) is 10.7. The van der Waals surface area contributed by atoms with Crippen LogP contribution in [0.15, 0.2) is 12.1 Å². The SMILES string of the molecule is Cc1cc(C)c(OCC(N)=S)c(C)c1. The average Bonchev–Trinajstić information content (AvgIpc) is 2.01. The number of hydrogen-bond donors (Lipinski definition) is 1. The van der Waals surface area contributed by atoms with Gasteiger partial charge in [-0.2, -0.15) is 0 Å². The molecule has 1 rings (SSSR count). The predicted octanol–water partition coefficient (Wildman–Crippen LogP) is 2.28. The fourth-order valence-electron chi connectivity index (χ4n) is 1.54. The van der Waals surface area contributed by atoms with Gasteiger partial charge < -0.3 is 10.5 Å². The van der Waals surface area contributed by atoms with Crippen molar-refractivity contribution in [3.8, 4) is 5.75 Å². The molecule has 2 nitrogen and oxygen atoms in total. The van der Waals surface area contributed by atoms with E-state index in [9.17, 15) is 0 Å². The average molecular weight is 209 g/mol. The van der Waals surface area contributed by atoms with E-state index in [1.807, 2.05) is 13.8 Å². The van der Waals surface area contributed by atoms with Crippen molar-refractivity contribution in [1.29, 1.82) is 0 Å². The molecule has 0 unspecified atom stereocenters. The Morgan fingerprint density at radius 1 is 1.29 bits per heavy atom. The Bertz CT molecular complexity index is 337. The summed E-state index contributed by atoms with van der Waals surface area (Å²) in [4.78, 5) is 0.379. The number of aryl methyl sites for hydroxylation is 3. The van der Waals surface area contributed by atoms with Gasteiger partial charge in [0.15, 0.2) is 0 Å². The topological polar surface area (TPSA) is 35.2 Å². The van der Waals surface area contributed by atoms with Crippen LogP contribution in [0.2, 0.25) is 0 Å². The Hall–Kier alpha value is -1.09. The second-order valence-electron chi connectivity index (χ2n) is 3.48. The van der Waals surface area contributed by atoms with Crippen molar-refractivity contribution < 1.29 is 4.74 Å². The predicted molar refractivity (Wildman–Crippen MR) is 62.9 cm³/mol. The van der Waals surface area contributed by atoms with Gasteiger partial charge in [-0.25, -0.2) is 0 Å². The van der Waals surface area contributed by atoms with Gasteiger partial charge in [-0.05, 0) is 31.9 Å². The van der Waals surface area contributed by atoms with E-state index in [1.165, 1.54) is 5.56 Å². The molecule has 0 atom stereocenters. The summed E-state index contributed by atoms with van der Waals surface area (Å²) in [6.07, 6.45) is 0. The first-order valence-corrected chi connectivity index (χ1v) is 4.90. The van der Waals surface area contributed by atoms with Crippen LogP contribution < -0.4 is 10.5 Å². The van der Waals surface area contributed by atoms with Crippen molar-refractivity contribution in [3.05, 3.63) is 28.8 Å². The van der Waals surface area contributed by atoms with Gasteiger partial charge in [0.25, 0.3) is 0 Å². The minimum Gasteiger partial charge on any atom is -0.486 e. The second kappa shape index (κ2) is 4.42. The van der Waals surface area contributed by atoms with Crippen LogP contribution in [-0.2, 0) is 0 Å². The maximum atomic E-state index is 5.52. The number of nitrogens with two attached hydrogens (primary N) is 1. The molecule has 0 aliphatic rings. The first kappa shape index (κ1) is 11.0. The lowest BCUT2D eigenvalue weighted by Gasteiger charge is -2.12. The zero-order valence-electron chi connectivity index (χ0n) is 8.76. The number of rotatable bonds is 3. The number of ether oxygens (including phenoxy) is 1. The highest BCUT2D eigenvalue weighted by Gasteiger charge is 2.04. The Balaban J connectivity index is 2.91. The summed E-state index contributed by atoms with van der Waals surface area (Å²) >= 11 is 4.76. The van der Waals surface area contributed by atoms with Crippen LogP contribution >= 0.6 is 12.2 Å². The van der Waals surface area contributed by atoms with Crippen LogP contribution in [0.4, 0.5) is 0 Å². The summed E-state index contributed by atoms with van der Waals surface area (Å²) in [6, 6.07) is 4.17. The highest BCUT2D eigenvalue weighted by Crippen LogP contribution is 2.24. The Kier molecular flexibility index (Phi) is 3.47. The van der Waals surface area contributed by atoms with Crippen LogP contribution in [0.25, 0.3) is 0 Å². The monoisotopic (exact) mass is 209 g/mol. The van der Waals surface area contributed by atoms with E-state index in [4.69, 9.17) is 22.7 Å². The smallest absolute Gasteiger partial charge is 0.138 e. The third-order valence-corrected chi connectivity index (χ3v) is 2.08. The van der Waals surface area contributed by atoms with Crippen molar-refractivity contribution in [3.63, 3.8) is 0 Å². The van der Waals surface area contributed by atoms with Crippen LogP contribution in [0.3, 0.4) is 0 Å². The minimum atomic E-state index is 0.306. The van der Waals surface area contributed by atoms with E-state index in [0.717, 1.165) is 16.9 Å². The van der Waals surface area contributed by atoms with E-state index >= 15 is 0 Å². The van der Waals surface area contributed by atoms with E-state index < -0.39 is 0 Å². The highest BCUT2D eigenvalue weighted by molar-refractivity contribution is 7.80. The highest BCUT2D eigenvalue weighted by atomic mass is 32.1. The minimum absolute atomic E-state index is 0.306. The van der Waals surface area contributed by atoms with Crippen molar-refractivity contribution in [2.75, 3.05) is 6.61 Å². The van der Waals surface area contributed by atoms with Gasteiger partial charge in [0.2, 0.25) is 0 Å². The standard InChI is InChI=1S/C11H15NOS/c1-7-4-8(2)11(9(3)5-7)13-6-10(12)14/h4-5H,6H2,1-3H3,(H2,12,14). The van der Waals surface area contributed by atoms with E-state index in [0.29, 0.717) is 11.6 Å². The summed E-state index contributed by atoms with van der Waals surface area (Å²) in [5.41, 5.74) is 8.86. The van der Waals surface area contributed by atoms with Crippen molar-refractivity contribution in [1.82, 2.24) is 0 Å². The Morgan fingerprint density at radius 3 is 2.21 bits per heavy atom. The lowest BCUT2D eigenvalue weighted by Crippen LogP contribution is -2.18. The molecule has 14 heavy (non-hydrogen) atoms. The van der Waals surface area contributed by atoms with Crippen molar-refractivity contribution in [2.45, 2.75) is 20.8 Å². The molecule has 0 amide bonds. The molecule has 0 radical (unpaired) electrons. The van der Waals surface area contributed by atoms with E-state index in [1.54, 1.807) is 0 Å². The normalized spacial score (nSPS) is 9.93. The molecule has 0 saturated heterocycles. The molecule has 0 heterocycles. The Morgan fingerprint density at radius 2 is 1.79 bits per heavy atom. The molecular formula is C11H15NOS. The maximum Gasteiger partial charge on any atom is 0.138 e. The summed E-state index contributed by atoms with van der Waals surface area (Å²) < 4.78 is 5.52. The Labute approximate surface area is 90.1 Å². The molecule has 2 N–H and O–H groups in total. The third-order valence-electron chi connectivity index (χ3n) is 1.96. The van der Waals surface area contributed by atoms with Gasteiger partial charge >= 0.3 is 0 Å². The van der Waals surface area contributed by atoms with Crippen molar-refractivity contribution >= 4 is 17.2 Å². The quantitative estimate of drug-likeness (QED) is 0.776. The molecule has 0 aliphatic heterocycles. The fourth-order valence-corrected chi connectivity index (χ4v) is 1.60. The lowest BCUT2D eigenvalue weighted by atomic mass is 10.1.